The number of likely N-dealkylation sites (N-methyl/N-ethyl adjacent to an activating group) is 1. The fourth-order valence-corrected chi connectivity index (χ4v) is 7.15. The van der Waals surface area contributed by atoms with Gasteiger partial charge in [0.25, 0.3) is 0 Å². The molecule has 2 bridgehead atoms. The van der Waals surface area contributed by atoms with Gasteiger partial charge in [0.05, 0.1) is 5.02 Å². The Morgan fingerprint density at radius 1 is 1.02 bits per heavy atom. The molecule has 0 amide bonds. The molecule has 0 saturated carbocycles. The number of hydrogen-bond donors (Lipinski definition) is 2. The van der Waals surface area contributed by atoms with Crippen molar-refractivity contribution in [3.63, 3.8) is 0 Å². The molecule has 3 fully saturated rings. The highest BCUT2D eigenvalue weighted by molar-refractivity contribution is 6.35. The minimum atomic E-state index is -4.62. The Morgan fingerprint density at radius 2 is 1.80 bits per heavy atom. The lowest BCUT2D eigenvalue weighted by Crippen LogP contribution is -2.51. The standard InChI is InChI=1S/C32H33ClF3N5O3/c1-40-10-4-6-21(40)16-43-31-38-28-25(30(39-31)41-14-19-8-9-20(15-41)37-19)13-26(33)27(29(28)44-17-32(34,35)36)24-12-22(42)11-18-5-2-3-7-23(18)24/h2-3,5,7,11-13,19-21,37,42H,4,6,8-10,14-17H2,1H3/t19?,20?,21-/m0/s1. The number of aromatic nitrogens is 2. The third-order valence-electron chi connectivity index (χ3n) is 8.95. The summed E-state index contributed by atoms with van der Waals surface area (Å²) in [6, 6.07) is 12.9. The predicted octanol–water partition coefficient (Wildman–Crippen LogP) is 6.16. The average molecular weight is 628 g/mol. The number of hydrogen-bond acceptors (Lipinski definition) is 8. The molecule has 0 spiro atoms. The van der Waals surface area contributed by atoms with Crippen LogP contribution >= 0.6 is 11.6 Å². The van der Waals surface area contributed by atoms with E-state index in [0.717, 1.165) is 32.2 Å². The van der Waals surface area contributed by atoms with Gasteiger partial charge in [0.1, 0.15) is 23.7 Å². The zero-order valence-electron chi connectivity index (χ0n) is 24.2. The van der Waals surface area contributed by atoms with Crippen molar-refractivity contribution in [2.45, 2.75) is 50.0 Å². The number of benzene rings is 3. The average Bonchev–Trinajstić information content (AvgIpc) is 3.56. The normalized spacial score (nSPS) is 22.3. The van der Waals surface area contributed by atoms with Crippen LogP contribution in [0.3, 0.4) is 0 Å². The Morgan fingerprint density at radius 3 is 2.52 bits per heavy atom. The van der Waals surface area contributed by atoms with Crippen LogP contribution in [0, 0.1) is 0 Å². The van der Waals surface area contributed by atoms with Crippen LogP contribution in [0.2, 0.25) is 5.02 Å². The van der Waals surface area contributed by atoms with Gasteiger partial charge in [0.15, 0.2) is 12.4 Å². The first-order valence-corrected chi connectivity index (χ1v) is 15.3. The number of phenolic OH excluding ortho intramolecular Hbond substituents is 1. The lowest BCUT2D eigenvalue weighted by Gasteiger charge is -2.34. The number of alkyl halides is 3. The highest BCUT2D eigenvalue weighted by Crippen LogP contribution is 2.48. The van der Waals surface area contributed by atoms with Gasteiger partial charge in [-0.05, 0) is 73.8 Å². The molecule has 12 heteroatoms. The number of likely N-dealkylation sites (tertiary alicyclic amines) is 1. The van der Waals surface area contributed by atoms with Crippen LogP contribution in [0.15, 0.2) is 42.5 Å². The molecule has 4 heterocycles. The van der Waals surface area contributed by atoms with Crippen molar-refractivity contribution in [2.24, 2.45) is 0 Å². The van der Waals surface area contributed by atoms with Gasteiger partial charge in [0, 0.05) is 42.2 Å². The van der Waals surface area contributed by atoms with E-state index in [0.29, 0.717) is 47.2 Å². The third-order valence-corrected chi connectivity index (χ3v) is 9.24. The fourth-order valence-electron chi connectivity index (χ4n) is 6.85. The molecule has 1 aromatic heterocycles. The van der Waals surface area contributed by atoms with Crippen molar-refractivity contribution < 1.29 is 27.8 Å². The van der Waals surface area contributed by atoms with Gasteiger partial charge >= 0.3 is 12.2 Å². The number of anilines is 1. The molecular formula is C32H33ClF3N5O3. The number of halogens is 4. The predicted molar refractivity (Wildman–Crippen MR) is 164 cm³/mol. The van der Waals surface area contributed by atoms with Gasteiger partial charge in [-0.1, -0.05) is 35.9 Å². The van der Waals surface area contributed by atoms with Crippen LogP contribution in [0.1, 0.15) is 25.7 Å². The number of piperazine rings is 1. The van der Waals surface area contributed by atoms with Crippen LogP contribution < -0.4 is 19.7 Å². The molecule has 0 aliphatic carbocycles. The van der Waals surface area contributed by atoms with Gasteiger partial charge < -0.3 is 29.7 Å². The number of fused-ring (bicyclic) bond motifs is 4. The highest BCUT2D eigenvalue weighted by Gasteiger charge is 2.36. The molecule has 44 heavy (non-hydrogen) atoms. The SMILES string of the molecule is CN1CCC[C@H]1COc1nc(N2CC3CCC(C2)N3)c2cc(Cl)c(-c3cc(O)cc4ccccc34)c(OCC(F)(F)F)c2n1. The fraction of sp³-hybridized carbons (Fsp3) is 0.438. The molecule has 232 valence electrons. The molecule has 8 nitrogen and oxygen atoms in total. The number of phenols is 1. The molecule has 3 saturated heterocycles. The first-order valence-electron chi connectivity index (χ1n) is 14.9. The van der Waals surface area contributed by atoms with E-state index >= 15 is 0 Å². The van der Waals surface area contributed by atoms with E-state index in [2.05, 4.69) is 15.1 Å². The maximum Gasteiger partial charge on any atom is 0.422 e. The van der Waals surface area contributed by atoms with E-state index in [1.54, 1.807) is 12.1 Å². The molecule has 3 aromatic carbocycles. The molecular weight excluding hydrogens is 595 g/mol. The maximum atomic E-state index is 13.7. The summed E-state index contributed by atoms with van der Waals surface area (Å²) in [4.78, 5) is 13.9. The Bertz CT molecular complexity index is 1710. The summed E-state index contributed by atoms with van der Waals surface area (Å²) < 4.78 is 52.9. The van der Waals surface area contributed by atoms with Crippen molar-refractivity contribution in [1.82, 2.24) is 20.2 Å². The van der Waals surface area contributed by atoms with Crippen LogP contribution in [-0.2, 0) is 0 Å². The van der Waals surface area contributed by atoms with E-state index < -0.39 is 12.8 Å². The molecule has 2 unspecified atom stereocenters. The van der Waals surface area contributed by atoms with E-state index in [9.17, 15) is 18.3 Å². The number of aromatic hydroxyl groups is 1. The third kappa shape index (κ3) is 5.68. The largest absolute Gasteiger partial charge is 0.508 e. The van der Waals surface area contributed by atoms with Gasteiger partial charge in [0.2, 0.25) is 0 Å². The summed E-state index contributed by atoms with van der Waals surface area (Å²) >= 11 is 6.96. The Kier molecular flexibility index (Phi) is 7.58. The van der Waals surface area contributed by atoms with E-state index in [-0.39, 0.29) is 51.7 Å². The molecule has 2 N–H and O–H groups in total. The summed E-state index contributed by atoms with van der Waals surface area (Å²) in [5, 5.41) is 16.3. The summed E-state index contributed by atoms with van der Waals surface area (Å²) in [6.07, 6.45) is -0.504. The second kappa shape index (κ2) is 11.4. The van der Waals surface area contributed by atoms with Crippen LogP contribution in [-0.4, -0.2) is 84.2 Å². The first kappa shape index (κ1) is 29.2. The zero-order chi connectivity index (χ0) is 30.6. The van der Waals surface area contributed by atoms with Gasteiger partial charge in [-0.2, -0.15) is 23.1 Å². The van der Waals surface area contributed by atoms with Crippen molar-refractivity contribution >= 4 is 39.1 Å². The second-order valence-electron chi connectivity index (χ2n) is 12.0. The van der Waals surface area contributed by atoms with Crippen molar-refractivity contribution in [3.8, 4) is 28.6 Å². The Labute approximate surface area is 257 Å². The smallest absolute Gasteiger partial charge is 0.422 e. The lowest BCUT2D eigenvalue weighted by atomic mass is 9.95. The molecule has 3 atom stereocenters. The van der Waals surface area contributed by atoms with E-state index in [1.807, 2.05) is 31.3 Å². The monoisotopic (exact) mass is 627 g/mol. The molecule has 3 aliphatic heterocycles. The zero-order valence-corrected chi connectivity index (χ0v) is 25.0. The summed E-state index contributed by atoms with van der Waals surface area (Å²) in [7, 11) is 2.04. The van der Waals surface area contributed by atoms with Gasteiger partial charge in [-0.3, -0.25) is 0 Å². The quantitative estimate of drug-likeness (QED) is 0.252. The topological polar surface area (TPSA) is 83.0 Å². The maximum absolute atomic E-state index is 13.7. The number of nitrogens with zero attached hydrogens (tertiary/aromatic N) is 4. The minimum Gasteiger partial charge on any atom is -0.508 e. The van der Waals surface area contributed by atoms with E-state index in [4.69, 9.17) is 31.0 Å². The Hall–Kier alpha value is -3.54. The van der Waals surface area contributed by atoms with Crippen molar-refractivity contribution in [3.05, 3.63) is 47.5 Å². The summed E-state index contributed by atoms with van der Waals surface area (Å²) in [5.41, 5.74) is 0.814. The molecule has 4 aromatic rings. The van der Waals surface area contributed by atoms with E-state index in [1.165, 1.54) is 6.07 Å². The number of rotatable bonds is 7. The minimum absolute atomic E-state index is 0.0546. The van der Waals surface area contributed by atoms with Gasteiger partial charge in [-0.15, -0.1) is 0 Å². The second-order valence-corrected chi connectivity index (χ2v) is 12.4. The van der Waals surface area contributed by atoms with Crippen LogP contribution in [0.4, 0.5) is 19.0 Å². The van der Waals surface area contributed by atoms with Crippen LogP contribution in [0.5, 0.6) is 17.5 Å². The summed E-state index contributed by atoms with van der Waals surface area (Å²) in [6.45, 7) is 1.14. The highest BCUT2D eigenvalue weighted by atomic mass is 35.5. The molecule has 7 rings (SSSR count). The van der Waals surface area contributed by atoms with Crippen molar-refractivity contribution in [1.29, 1.82) is 0 Å². The number of nitrogens with one attached hydrogen (secondary N) is 1. The number of ether oxygens (including phenoxy) is 2. The molecule has 0 radical (unpaired) electrons. The Balaban J connectivity index is 1.44. The summed E-state index contributed by atoms with van der Waals surface area (Å²) in [5.74, 6) is 0.362. The van der Waals surface area contributed by atoms with Gasteiger partial charge in [-0.25, -0.2) is 0 Å². The van der Waals surface area contributed by atoms with Crippen molar-refractivity contribution in [2.75, 3.05) is 44.8 Å². The first-order chi connectivity index (χ1) is 21.1. The molecule has 3 aliphatic rings. The lowest BCUT2D eigenvalue weighted by molar-refractivity contribution is -0.153. The van der Waals surface area contributed by atoms with Crippen LogP contribution in [0.25, 0.3) is 32.8 Å².